The molecular weight excluding hydrogens is 328 g/mol. The molecule has 0 atom stereocenters. The maximum absolute atomic E-state index is 11.2. The van der Waals surface area contributed by atoms with Crippen molar-refractivity contribution in [2.75, 3.05) is 19.6 Å². The van der Waals surface area contributed by atoms with E-state index in [9.17, 15) is 4.79 Å². The number of nitrogens with one attached hydrogen (secondary N) is 1. The van der Waals surface area contributed by atoms with Gasteiger partial charge in [0, 0.05) is 25.6 Å². The molecule has 0 unspecified atom stereocenters. The summed E-state index contributed by atoms with van der Waals surface area (Å²) in [6, 6.07) is 6.03. The predicted octanol–water partition coefficient (Wildman–Crippen LogP) is 3.24. The highest BCUT2D eigenvalue weighted by Crippen LogP contribution is 2.20. The molecule has 6 heteroatoms. The number of rotatable bonds is 10. The molecular formula is C20H30N4O2. The topological polar surface area (TPSA) is 70.4 Å². The number of nitrogens with zero attached hydrogens (tertiary/aromatic N) is 3. The Hall–Kier alpha value is -2.18. The van der Waals surface area contributed by atoms with Crippen LogP contribution in [0.2, 0.25) is 0 Å². The van der Waals surface area contributed by atoms with Gasteiger partial charge in [0.15, 0.2) is 0 Å². The van der Waals surface area contributed by atoms with Crippen molar-refractivity contribution < 1.29 is 10.0 Å². The van der Waals surface area contributed by atoms with Gasteiger partial charge in [0.1, 0.15) is 5.82 Å². The number of hydrogen-bond acceptors (Lipinski definition) is 4. The van der Waals surface area contributed by atoms with Gasteiger partial charge in [0.2, 0.25) is 0 Å². The normalized spacial score (nSPS) is 11.7. The molecule has 2 N–H and O–H groups in total. The Kier molecular flexibility index (Phi) is 7.81. The fraction of sp³-hybridized carbons (Fsp3) is 0.500. The van der Waals surface area contributed by atoms with E-state index in [2.05, 4.69) is 36.3 Å². The fourth-order valence-corrected chi connectivity index (χ4v) is 3.07. The molecule has 0 aliphatic heterocycles. The maximum Gasteiger partial charge on any atom is 0.267 e. The number of likely N-dealkylation sites (N-methyl/N-ethyl adjacent to an activating group) is 1. The monoisotopic (exact) mass is 358 g/mol. The summed E-state index contributed by atoms with van der Waals surface area (Å²) >= 11 is 0. The van der Waals surface area contributed by atoms with E-state index >= 15 is 0 Å². The second-order valence-corrected chi connectivity index (χ2v) is 6.37. The second-order valence-electron chi connectivity index (χ2n) is 6.37. The van der Waals surface area contributed by atoms with Gasteiger partial charge in [-0.2, -0.15) is 0 Å². The van der Waals surface area contributed by atoms with E-state index in [1.54, 1.807) is 11.6 Å². The van der Waals surface area contributed by atoms with Crippen molar-refractivity contribution in [3.8, 4) is 0 Å². The standard InChI is InChI=1S/C20H30N4O2/c1-4-7-8-19-21-17-15-16(10-12-20(25)22-26)9-11-18(17)24(19)14-13-23(5-2)6-3/h9-12,15,26H,4-8,13-14H2,1-3H3,(H,22,25). The lowest BCUT2D eigenvalue weighted by atomic mass is 10.2. The zero-order chi connectivity index (χ0) is 18.9. The third kappa shape index (κ3) is 5.16. The van der Waals surface area contributed by atoms with Crippen LogP contribution in [-0.2, 0) is 17.8 Å². The van der Waals surface area contributed by atoms with E-state index in [0.29, 0.717) is 0 Å². The minimum absolute atomic E-state index is 0.543. The van der Waals surface area contributed by atoms with E-state index in [4.69, 9.17) is 10.2 Å². The number of hydrogen-bond donors (Lipinski definition) is 2. The summed E-state index contributed by atoms with van der Waals surface area (Å²) in [6.45, 7) is 10.6. The van der Waals surface area contributed by atoms with Crippen molar-refractivity contribution in [3.63, 3.8) is 0 Å². The molecule has 0 bridgehead atoms. The minimum Gasteiger partial charge on any atom is -0.327 e. The average Bonchev–Trinajstić information content (AvgIpc) is 3.01. The minimum atomic E-state index is -0.543. The molecule has 1 heterocycles. The predicted molar refractivity (Wildman–Crippen MR) is 105 cm³/mol. The number of fused-ring (bicyclic) bond motifs is 1. The van der Waals surface area contributed by atoms with Gasteiger partial charge in [-0.25, -0.2) is 10.5 Å². The van der Waals surface area contributed by atoms with E-state index < -0.39 is 5.91 Å². The number of aromatic nitrogens is 2. The second kappa shape index (κ2) is 10.1. The number of benzene rings is 1. The number of carbonyl (C=O) groups is 1. The molecule has 6 nitrogen and oxygen atoms in total. The maximum atomic E-state index is 11.2. The van der Waals surface area contributed by atoms with Crippen molar-refractivity contribution in [2.24, 2.45) is 0 Å². The summed E-state index contributed by atoms with van der Waals surface area (Å²) in [4.78, 5) is 18.4. The van der Waals surface area contributed by atoms with Gasteiger partial charge in [-0.15, -0.1) is 0 Å². The summed E-state index contributed by atoms with van der Waals surface area (Å²) in [7, 11) is 0. The van der Waals surface area contributed by atoms with Crippen LogP contribution in [-0.4, -0.2) is 45.2 Å². The van der Waals surface area contributed by atoms with E-state index in [1.807, 2.05) is 12.1 Å². The van der Waals surface area contributed by atoms with Gasteiger partial charge in [-0.3, -0.25) is 10.0 Å². The molecule has 0 saturated carbocycles. The number of aryl methyl sites for hydroxylation is 1. The van der Waals surface area contributed by atoms with Crippen LogP contribution < -0.4 is 5.48 Å². The summed E-state index contributed by atoms with van der Waals surface area (Å²) < 4.78 is 2.33. The highest BCUT2D eigenvalue weighted by molar-refractivity contribution is 5.91. The fourth-order valence-electron chi connectivity index (χ4n) is 3.07. The smallest absolute Gasteiger partial charge is 0.267 e. The molecule has 1 aromatic carbocycles. The molecule has 26 heavy (non-hydrogen) atoms. The van der Waals surface area contributed by atoms with Gasteiger partial charge in [0.25, 0.3) is 5.91 Å². The third-order valence-electron chi connectivity index (χ3n) is 4.68. The Bertz CT molecular complexity index is 748. The van der Waals surface area contributed by atoms with Crippen LogP contribution in [0.1, 0.15) is 45.0 Å². The summed E-state index contributed by atoms with van der Waals surface area (Å²) in [6.07, 6.45) is 6.21. The van der Waals surface area contributed by atoms with Crippen LogP contribution in [0.25, 0.3) is 17.1 Å². The first-order valence-electron chi connectivity index (χ1n) is 9.46. The van der Waals surface area contributed by atoms with Crippen LogP contribution in [0.3, 0.4) is 0 Å². The third-order valence-corrected chi connectivity index (χ3v) is 4.68. The number of carbonyl (C=O) groups excluding carboxylic acids is 1. The molecule has 0 saturated heterocycles. The van der Waals surface area contributed by atoms with Crippen LogP contribution in [0.5, 0.6) is 0 Å². The highest BCUT2D eigenvalue weighted by Gasteiger charge is 2.12. The zero-order valence-electron chi connectivity index (χ0n) is 16.0. The lowest BCUT2D eigenvalue weighted by molar-refractivity contribution is -0.124. The van der Waals surface area contributed by atoms with Crippen LogP contribution in [0.15, 0.2) is 24.3 Å². The number of amides is 1. The van der Waals surface area contributed by atoms with Crippen LogP contribution in [0.4, 0.5) is 0 Å². The molecule has 0 aliphatic rings. The Morgan fingerprint density at radius 3 is 2.73 bits per heavy atom. The summed E-state index contributed by atoms with van der Waals surface area (Å²) in [5.41, 5.74) is 4.56. The molecule has 0 spiro atoms. The first-order valence-corrected chi connectivity index (χ1v) is 9.46. The molecule has 1 aromatic heterocycles. The van der Waals surface area contributed by atoms with Crippen molar-refractivity contribution in [1.29, 1.82) is 0 Å². The van der Waals surface area contributed by atoms with Crippen molar-refractivity contribution >= 4 is 23.0 Å². The molecule has 0 fully saturated rings. The van der Waals surface area contributed by atoms with Crippen molar-refractivity contribution in [2.45, 2.75) is 46.6 Å². The SMILES string of the molecule is CCCCc1nc2cc(C=CC(=O)NO)ccc2n1CCN(CC)CC. The molecule has 142 valence electrons. The Labute approximate surface area is 155 Å². The van der Waals surface area contributed by atoms with Gasteiger partial charge in [-0.05, 0) is 43.3 Å². The molecule has 2 aromatic rings. The van der Waals surface area contributed by atoms with Gasteiger partial charge < -0.3 is 9.47 Å². The highest BCUT2D eigenvalue weighted by atomic mass is 16.5. The van der Waals surface area contributed by atoms with Crippen LogP contribution >= 0.6 is 0 Å². The number of unbranched alkanes of at least 4 members (excludes halogenated alkanes) is 1. The number of imidazole rings is 1. The average molecular weight is 358 g/mol. The molecule has 2 rings (SSSR count). The molecule has 0 aliphatic carbocycles. The van der Waals surface area contributed by atoms with E-state index in [0.717, 1.165) is 67.9 Å². The van der Waals surface area contributed by atoms with E-state index in [1.165, 1.54) is 6.08 Å². The Morgan fingerprint density at radius 1 is 1.31 bits per heavy atom. The first-order chi connectivity index (χ1) is 12.6. The first kappa shape index (κ1) is 20.1. The van der Waals surface area contributed by atoms with E-state index in [-0.39, 0.29) is 0 Å². The van der Waals surface area contributed by atoms with Gasteiger partial charge in [0.05, 0.1) is 11.0 Å². The lowest BCUT2D eigenvalue weighted by Crippen LogP contribution is -2.27. The molecule has 0 radical (unpaired) electrons. The van der Waals surface area contributed by atoms with Gasteiger partial charge in [-0.1, -0.05) is 33.3 Å². The Balaban J connectivity index is 2.31. The lowest BCUT2D eigenvalue weighted by Gasteiger charge is -2.19. The van der Waals surface area contributed by atoms with Crippen molar-refractivity contribution in [3.05, 3.63) is 35.7 Å². The number of hydroxylamine groups is 1. The van der Waals surface area contributed by atoms with Crippen molar-refractivity contribution in [1.82, 2.24) is 19.9 Å². The largest absolute Gasteiger partial charge is 0.327 e. The summed E-state index contributed by atoms with van der Waals surface area (Å²) in [5.74, 6) is 0.585. The van der Waals surface area contributed by atoms with Gasteiger partial charge >= 0.3 is 0 Å². The Morgan fingerprint density at radius 2 is 2.08 bits per heavy atom. The quantitative estimate of drug-likeness (QED) is 0.389. The summed E-state index contributed by atoms with van der Waals surface area (Å²) in [5, 5.41) is 8.58. The zero-order valence-corrected chi connectivity index (χ0v) is 16.0. The molecule has 1 amide bonds. The van der Waals surface area contributed by atoms with Crippen LogP contribution in [0, 0.1) is 0 Å².